The van der Waals surface area contributed by atoms with Crippen molar-refractivity contribution in [1.29, 1.82) is 0 Å². The van der Waals surface area contributed by atoms with Crippen LogP contribution in [0.4, 0.5) is 17.6 Å². The van der Waals surface area contributed by atoms with Gasteiger partial charge >= 0.3 is 6.18 Å². The van der Waals surface area contributed by atoms with E-state index in [-0.39, 0.29) is 18.8 Å². The molecule has 0 aromatic rings. The molecule has 5 heteroatoms. The highest BCUT2D eigenvalue weighted by molar-refractivity contribution is 9.09. The van der Waals surface area contributed by atoms with E-state index in [0.29, 0.717) is 18.2 Å². The molecule has 0 spiro atoms. The summed E-state index contributed by atoms with van der Waals surface area (Å²) in [4.78, 5) is 0. The Labute approximate surface area is 82.8 Å². The Bertz CT molecular complexity index is 179. The molecule has 0 N–H and O–H groups in total. The van der Waals surface area contributed by atoms with Crippen molar-refractivity contribution in [2.24, 2.45) is 5.92 Å². The zero-order chi connectivity index (χ0) is 10.1. The summed E-state index contributed by atoms with van der Waals surface area (Å²) in [6.07, 6.45) is -4.45. The molecule has 1 fully saturated rings. The fraction of sp³-hybridized carbons (Fsp3) is 1.00. The van der Waals surface area contributed by atoms with Crippen molar-refractivity contribution in [2.45, 2.75) is 37.5 Å². The molecule has 1 aliphatic carbocycles. The second-order valence-electron chi connectivity index (χ2n) is 3.58. The van der Waals surface area contributed by atoms with Crippen LogP contribution in [0.3, 0.4) is 0 Å². The van der Waals surface area contributed by atoms with Crippen LogP contribution in [0.2, 0.25) is 0 Å². The maximum Gasteiger partial charge on any atom is 0.422 e. The number of alkyl halides is 5. The highest BCUT2D eigenvalue weighted by atomic mass is 79.9. The topological polar surface area (TPSA) is 0 Å². The molecule has 1 saturated carbocycles. The second kappa shape index (κ2) is 3.75. The third-order valence-electron chi connectivity index (χ3n) is 2.52. The van der Waals surface area contributed by atoms with E-state index in [1.165, 1.54) is 0 Å². The summed E-state index contributed by atoms with van der Waals surface area (Å²) in [5, 5.41) is 0.453. The van der Waals surface area contributed by atoms with E-state index in [9.17, 15) is 17.6 Å². The van der Waals surface area contributed by atoms with Gasteiger partial charge in [-0.15, -0.1) is 0 Å². The SMILES string of the molecule is FC(F)(F)C1(F)CCCC(CBr)C1. The quantitative estimate of drug-likeness (QED) is 0.498. The van der Waals surface area contributed by atoms with Gasteiger partial charge in [-0.05, 0) is 31.6 Å². The van der Waals surface area contributed by atoms with Crippen LogP contribution in [-0.4, -0.2) is 17.2 Å². The van der Waals surface area contributed by atoms with Crippen molar-refractivity contribution in [1.82, 2.24) is 0 Å². The van der Waals surface area contributed by atoms with Crippen LogP contribution in [0.5, 0.6) is 0 Å². The predicted molar refractivity (Wildman–Crippen MR) is 45.6 cm³/mol. The molecular formula is C8H11BrF4. The summed E-state index contributed by atoms with van der Waals surface area (Å²) in [5.74, 6) is -0.180. The van der Waals surface area contributed by atoms with Crippen LogP contribution < -0.4 is 0 Å². The third-order valence-corrected chi connectivity index (χ3v) is 3.44. The summed E-state index contributed by atoms with van der Waals surface area (Å²) in [6.45, 7) is 0. The Morgan fingerprint density at radius 3 is 2.46 bits per heavy atom. The third kappa shape index (κ3) is 2.36. The normalized spacial score (nSPS) is 36.2. The van der Waals surface area contributed by atoms with Crippen LogP contribution >= 0.6 is 15.9 Å². The van der Waals surface area contributed by atoms with Gasteiger partial charge in [-0.3, -0.25) is 0 Å². The minimum atomic E-state index is -4.70. The first-order valence-corrected chi connectivity index (χ1v) is 5.33. The fourth-order valence-corrected chi connectivity index (χ4v) is 2.27. The molecule has 1 rings (SSSR count). The van der Waals surface area contributed by atoms with Gasteiger partial charge in [0.1, 0.15) is 0 Å². The largest absolute Gasteiger partial charge is 0.422 e. The van der Waals surface area contributed by atoms with Crippen molar-refractivity contribution in [2.75, 3.05) is 5.33 Å². The first kappa shape index (κ1) is 11.3. The van der Waals surface area contributed by atoms with E-state index in [1.54, 1.807) is 0 Å². The lowest BCUT2D eigenvalue weighted by molar-refractivity contribution is -0.243. The van der Waals surface area contributed by atoms with Crippen LogP contribution in [0.25, 0.3) is 0 Å². The summed E-state index contributed by atoms with van der Waals surface area (Å²) >= 11 is 3.10. The first-order chi connectivity index (χ1) is 5.89. The van der Waals surface area contributed by atoms with E-state index in [0.717, 1.165) is 0 Å². The summed E-state index contributed by atoms with van der Waals surface area (Å²) in [5.41, 5.74) is -2.94. The molecule has 0 aromatic heterocycles. The number of halogens is 5. The Kier molecular flexibility index (Phi) is 3.25. The monoisotopic (exact) mass is 262 g/mol. The Balaban J connectivity index is 2.68. The molecule has 0 heterocycles. The molecule has 1 aliphatic rings. The number of hydrogen-bond donors (Lipinski definition) is 0. The van der Waals surface area contributed by atoms with E-state index in [1.807, 2.05) is 0 Å². The maximum absolute atomic E-state index is 13.4. The van der Waals surface area contributed by atoms with Gasteiger partial charge in [-0.25, -0.2) is 4.39 Å². The molecule has 78 valence electrons. The van der Waals surface area contributed by atoms with E-state index in [4.69, 9.17) is 0 Å². The van der Waals surface area contributed by atoms with E-state index in [2.05, 4.69) is 15.9 Å². The smallest absolute Gasteiger partial charge is 0.234 e. The lowest BCUT2D eigenvalue weighted by atomic mass is 9.80. The highest BCUT2D eigenvalue weighted by Gasteiger charge is 2.57. The maximum atomic E-state index is 13.4. The average Bonchev–Trinajstić information content (AvgIpc) is 2.02. The fourth-order valence-electron chi connectivity index (χ4n) is 1.72. The molecule has 13 heavy (non-hydrogen) atoms. The standard InChI is InChI=1S/C8H11BrF4/c9-5-6-2-1-3-7(10,4-6)8(11,12)13/h6H,1-5H2. The molecule has 0 aliphatic heterocycles. The molecular weight excluding hydrogens is 252 g/mol. The Morgan fingerprint density at radius 2 is 2.00 bits per heavy atom. The van der Waals surface area contributed by atoms with E-state index < -0.39 is 11.8 Å². The predicted octanol–water partition coefficient (Wildman–Crippen LogP) is 3.84. The van der Waals surface area contributed by atoms with Gasteiger partial charge in [-0.1, -0.05) is 15.9 Å². The van der Waals surface area contributed by atoms with Crippen molar-refractivity contribution in [3.8, 4) is 0 Å². The van der Waals surface area contributed by atoms with Gasteiger partial charge in [-0.2, -0.15) is 13.2 Å². The van der Waals surface area contributed by atoms with Gasteiger partial charge in [0, 0.05) is 5.33 Å². The lowest BCUT2D eigenvalue weighted by Gasteiger charge is -2.35. The van der Waals surface area contributed by atoms with Crippen molar-refractivity contribution in [3.05, 3.63) is 0 Å². The number of hydrogen-bond acceptors (Lipinski definition) is 0. The van der Waals surface area contributed by atoms with Crippen LogP contribution in [0, 0.1) is 5.92 Å². The molecule has 0 bridgehead atoms. The van der Waals surface area contributed by atoms with Crippen LogP contribution in [0.15, 0.2) is 0 Å². The van der Waals surface area contributed by atoms with Gasteiger partial charge in [0.2, 0.25) is 5.67 Å². The zero-order valence-corrected chi connectivity index (χ0v) is 8.59. The molecule has 0 radical (unpaired) electrons. The Hall–Kier alpha value is 0.200. The zero-order valence-electron chi connectivity index (χ0n) is 7.00. The lowest BCUT2D eigenvalue weighted by Crippen LogP contribution is -2.45. The molecule has 0 amide bonds. The summed E-state index contributed by atoms with van der Waals surface area (Å²) in [7, 11) is 0. The number of rotatable bonds is 1. The Morgan fingerprint density at radius 1 is 1.38 bits per heavy atom. The van der Waals surface area contributed by atoms with Gasteiger partial charge < -0.3 is 0 Å². The van der Waals surface area contributed by atoms with Crippen molar-refractivity contribution >= 4 is 15.9 Å². The first-order valence-electron chi connectivity index (χ1n) is 4.21. The molecule has 0 aromatic carbocycles. The average molecular weight is 263 g/mol. The minimum Gasteiger partial charge on any atom is -0.234 e. The highest BCUT2D eigenvalue weighted by Crippen LogP contribution is 2.46. The van der Waals surface area contributed by atoms with Crippen LogP contribution in [0.1, 0.15) is 25.7 Å². The molecule has 0 saturated heterocycles. The minimum absolute atomic E-state index is 0.180. The van der Waals surface area contributed by atoms with E-state index >= 15 is 0 Å². The van der Waals surface area contributed by atoms with Crippen LogP contribution in [-0.2, 0) is 0 Å². The molecule has 0 nitrogen and oxygen atoms in total. The molecule has 2 atom stereocenters. The van der Waals surface area contributed by atoms with Gasteiger partial charge in [0.25, 0.3) is 0 Å². The summed E-state index contributed by atoms with van der Waals surface area (Å²) in [6, 6.07) is 0. The van der Waals surface area contributed by atoms with Crippen molar-refractivity contribution in [3.63, 3.8) is 0 Å². The van der Waals surface area contributed by atoms with Gasteiger partial charge in [0.15, 0.2) is 0 Å². The van der Waals surface area contributed by atoms with Crippen molar-refractivity contribution < 1.29 is 17.6 Å². The summed E-state index contributed by atoms with van der Waals surface area (Å²) < 4.78 is 50.1. The second-order valence-corrected chi connectivity index (χ2v) is 4.23. The molecule has 2 unspecified atom stereocenters. The van der Waals surface area contributed by atoms with Gasteiger partial charge in [0.05, 0.1) is 0 Å².